The first-order chi connectivity index (χ1) is 15.5. The summed E-state index contributed by atoms with van der Waals surface area (Å²) < 4.78 is 59.4. The second-order valence-corrected chi connectivity index (χ2v) is 7.31. The van der Waals surface area contributed by atoms with Crippen molar-refractivity contribution < 1.29 is 41.8 Å². The van der Waals surface area contributed by atoms with Crippen LogP contribution in [0.2, 0.25) is 0 Å². The van der Waals surface area contributed by atoms with Crippen molar-refractivity contribution in [1.82, 2.24) is 5.32 Å². The van der Waals surface area contributed by atoms with Gasteiger partial charge in [-0.25, -0.2) is 0 Å². The van der Waals surface area contributed by atoms with E-state index in [1.54, 1.807) is 0 Å². The number of hydrogen-bond donors (Lipinski definition) is 1. The minimum Gasteiger partial charge on any atom is -0.474 e. The molecule has 1 amide bonds. The van der Waals surface area contributed by atoms with Crippen LogP contribution in [0.25, 0.3) is 0 Å². The first-order valence-corrected chi connectivity index (χ1v) is 9.95. The summed E-state index contributed by atoms with van der Waals surface area (Å²) in [6.45, 7) is 1.55. The Balaban J connectivity index is 1.68. The van der Waals surface area contributed by atoms with Gasteiger partial charge in [0.2, 0.25) is 5.75 Å². The normalized spacial score (nSPS) is 19.1. The summed E-state index contributed by atoms with van der Waals surface area (Å²) in [5.74, 6) is -0.725. The van der Waals surface area contributed by atoms with Gasteiger partial charge in [0, 0.05) is 12.1 Å². The molecule has 0 aliphatic carbocycles. The third-order valence-electron chi connectivity index (χ3n) is 4.37. The van der Waals surface area contributed by atoms with Gasteiger partial charge in [-0.3, -0.25) is 14.9 Å². The van der Waals surface area contributed by atoms with Crippen LogP contribution < -0.4 is 14.8 Å². The quantitative estimate of drug-likeness (QED) is 0.335. The molecule has 2 aromatic rings. The first-order valence-electron chi connectivity index (χ1n) is 9.52. The average molecular weight is 491 g/mol. The Kier molecular flexibility index (Phi) is 7.61. The van der Waals surface area contributed by atoms with Crippen molar-refractivity contribution >= 4 is 23.2 Å². The van der Waals surface area contributed by atoms with Crippen LogP contribution in [-0.2, 0) is 20.4 Å². The minimum atomic E-state index is -4.49. The van der Waals surface area contributed by atoms with Crippen LogP contribution in [0.3, 0.4) is 0 Å². The second-order valence-electron chi connectivity index (χ2n) is 6.83. The molecule has 33 heavy (non-hydrogen) atoms. The van der Waals surface area contributed by atoms with Crippen LogP contribution in [0.5, 0.6) is 17.2 Å². The molecule has 1 N–H and O–H groups in total. The lowest BCUT2D eigenvalue weighted by molar-refractivity contribution is -0.386. The van der Waals surface area contributed by atoms with Crippen LogP contribution in [0.1, 0.15) is 12.5 Å². The van der Waals surface area contributed by atoms with E-state index in [0.29, 0.717) is 0 Å². The van der Waals surface area contributed by atoms with E-state index in [1.165, 1.54) is 19.1 Å². The molecule has 0 aromatic heterocycles. The van der Waals surface area contributed by atoms with Crippen molar-refractivity contribution in [3.63, 3.8) is 0 Å². The number of carbonyl (C=O) groups excluding carboxylic acids is 1. The molecule has 0 radical (unpaired) electrons. The van der Waals surface area contributed by atoms with Crippen molar-refractivity contribution in [2.24, 2.45) is 0 Å². The van der Waals surface area contributed by atoms with E-state index in [4.69, 9.17) is 30.5 Å². The summed E-state index contributed by atoms with van der Waals surface area (Å²) >= 11 is 5.73. The summed E-state index contributed by atoms with van der Waals surface area (Å²) in [5.41, 5.74) is -1.89. The van der Waals surface area contributed by atoms with Crippen molar-refractivity contribution in [3.8, 4) is 17.2 Å². The van der Waals surface area contributed by atoms with Gasteiger partial charge in [-0.05, 0) is 37.3 Å². The van der Waals surface area contributed by atoms with Gasteiger partial charge >= 0.3 is 11.9 Å². The Labute approximate surface area is 190 Å². The molecule has 3 rings (SSSR count). The van der Waals surface area contributed by atoms with Gasteiger partial charge in [0.15, 0.2) is 18.0 Å². The monoisotopic (exact) mass is 490 g/mol. The molecule has 0 saturated carbocycles. The molecule has 1 aliphatic heterocycles. The maximum absolute atomic E-state index is 12.7. The van der Waals surface area contributed by atoms with Gasteiger partial charge in [-0.15, -0.1) is 0 Å². The SMILES string of the molecule is CC(Oc1cc(Oc2ccc(C(F)(F)F)cc2)ccc1[N+](=O)[O-])C(=O)NCC1OCC(Cl)O1. The molecular formula is C20H18ClF3N2O7. The highest BCUT2D eigenvalue weighted by Gasteiger charge is 2.30. The summed E-state index contributed by atoms with van der Waals surface area (Å²) in [6, 6.07) is 7.42. The lowest BCUT2D eigenvalue weighted by atomic mass is 10.2. The smallest absolute Gasteiger partial charge is 0.416 e. The van der Waals surface area contributed by atoms with Gasteiger partial charge in [-0.1, -0.05) is 11.6 Å². The van der Waals surface area contributed by atoms with Crippen LogP contribution in [0, 0.1) is 10.1 Å². The van der Waals surface area contributed by atoms with Crippen LogP contribution >= 0.6 is 11.6 Å². The molecule has 3 atom stereocenters. The molecule has 0 bridgehead atoms. The third-order valence-corrected chi connectivity index (χ3v) is 4.60. The Morgan fingerprint density at radius 2 is 1.94 bits per heavy atom. The van der Waals surface area contributed by atoms with Gasteiger partial charge in [0.1, 0.15) is 11.5 Å². The lowest BCUT2D eigenvalue weighted by Crippen LogP contribution is -2.40. The average Bonchev–Trinajstić information content (AvgIpc) is 3.16. The van der Waals surface area contributed by atoms with Crippen molar-refractivity contribution in [3.05, 3.63) is 58.1 Å². The standard InChI is InChI=1S/C20H18ClF3N2O7/c1-11(19(27)25-9-18-30-10-17(21)33-18)31-16-8-14(6-7-15(16)26(28)29)32-13-4-2-12(3-5-13)20(22,23)24/h2-8,11,17-18H,9-10H2,1H3,(H,25,27). The molecule has 13 heteroatoms. The van der Waals surface area contributed by atoms with E-state index in [9.17, 15) is 28.1 Å². The van der Waals surface area contributed by atoms with Crippen molar-refractivity contribution in [2.45, 2.75) is 31.1 Å². The van der Waals surface area contributed by atoms with Crippen LogP contribution in [-0.4, -0.2) is 41.9 Å². The second kappa shape index (κ2) is 10.2. The zero-order valence-electron chi connectivity index (χ0n) is 17.0. The number of nitro benzene ring substituents is 1. The lowest BCUT2D eigenvalue weighted by Gasteiger charge is -2.17. The highest BCUT2D eigenvalue weighted by atomic mass is 35.5. The zero-order valence-corrected chi connectivity index (χ0v) is 17.8. The Morgan fingerprint density at radius 1 is 1.27 bits per heavy atom. The highest BCUT2D eigenvalue weighted by molar-refractivity contribution is 6.19. The van der Waals surface area contributed by atoms with Gasteiger partial charge in [0.25, 0.3) is 5.91 Å². The van der Waals surface area contributed by atoms with Gasteiger partial charge < -0.3 is 24.3 Å². The number of nitrogens with one attached hydrogen (secondary N) is 1. The minimum absolute atomic E-state index is 0.00504. The number of alkyl halides is 4. The van der Waals surface area contributed by atoms with E-state index in [2.05, 4.69) is 5.32 Å². The number of benzene rings is 2. The molecule has 1 fully saturated rings. The van der Waals surface area contributed by atoms with Crippen molar-refractivity contribution in [2.75, 3.05) is 13.2 Å². The number of amides is 1. The van der Waals surface area contributed by atoms with Gasteiger partial charge in [-0.2, -0.15) is 13.2 Å². The predicted molar refractivity (Wildman–Crippen MR) is 108 cm³/mol. The summed E-state index contributed by atoms with van der Waals surface area (Å²) in [7, 11) is 0. The summed E-state index contributed by atoms with van der Waals surface area (Å²) in [4.78, 5) is 22.9. The third kappa shape index (κ3) is 6.70. The topological polar surface area (TPSA) is 109 Å². The van der Waals surface area contributed by atoms with E-state index < -0.39 is 46.2 Å². The highest BCUT2D eigenvalue weighted by Crippen LogP contribution is 2.35. The molecule has 1 heterocycles. The van der Waals surface area contributed by atoms with Gasteiger partial charge in [0.05, 0.1) is 23.6 Å². The number of ether oxygens (including phenoxy) is 4. The Bertz CT molecular complexity index is 1000. The Morgan fingerprint density at radius 3 is 2.52 bits per heavy atom. The molecular weight excluding hydrogens is 473 g/mol. The molecule has 178 valence electrons. The molecule has 1 saturated heterocycles. The van der Waals surface area contributed by atoms with Crippen molar-refractivity contribution in [1.29, 1.82) is 0 Å². The number of rotatable bonds is 8. The molecule has 2 aromatic carbocycles. The number of nitro groups is 1. The Hall–Kier alpha value is -3.09. The number of nitrogens with zero attached hydrogens (tertiary/aromatic N) is 1. The number of hydrogen-bond acceptors (Lipinski definition) is 7. The molecule has 1 aliphatic rings. The number of carbonyl (C=O) groups is 1. The number of halogens is 4. The summed E-state index contributed by atoms with van der Waals surface area (Å²) in [6.07, 6.45) is -6.36. The predicted octanol–water partition coefficient (Wildman–Crippen LogP) is 4.23. The fourth-order valence-electron chi connectivity index (χ4n) is 2.76. The largest absolute Gasteiger partial charge is 0.474 e. The van der Waals surface area contributed by atoms with E-state index in [1.807, 2.05) is 0 Å². The maximum Gasteiger partial charge on any atom is 0.416 e. The van der Waals surface area contributed by atoms with Crippen LogP contribution in [0.4, 0.5) is 18.9 Å². The fourth-order valence-corrected chi connectivity index (χ4v) is 2.94. The fraction of sp³-hybridized carbons (Fsp3) is 0.350. The van der Waals surface area contributed by atoms with Crippen LogP contribution in [0.15, 0.2) is 42.5 Å². The molecule has 0 spiro atoms. The van der Waals surface area contributed by atoms with E-state index in [-0.39, 0.29) is 30.4 Å². The maximum atomic E-state index is 12.7. The van der Waals surface area contributed by atoms with E-state index in [0.717, 1.165) is 30.3 Å². The zero-order chi connectivity index (χ0) is 24.2. The molecule has 9 nitrogen and oxygen atoms in total. The summed E-state index contributed by atoms with van der Waals surface area (Å²) in [5, 5.41) is 13.9. The van der Waals surface area contributed by atoms with E-state index >= 15 is 0 Å². The first kappa shape index (κ1) is 24.6. The molecule has 3 unspecified atom stereocenters.